The predicted octanol–water partition coefficient (Wildman–Crippen LogP) is 2.82. The van der Waals surface area contributed by atoms with Crippen LogP contribution >= 0.6 is 11.3 Å². The SMILES string of the molecule is O=C(NCCn1cccn1)Nc1nc2c(s1)CCCCCC2. The molecule has 2 N–H and O–H groups in total. The van der Waals surface area contributed by atoms with Gasteiger partial charge in [0.25, 0.3) is 0 Å². The summed E-state index contributed by atoms with van der Waals surface area (Å²) in [5, 5.41) is 10.5. The van der Waals surface area contributed by atoms with Crippen molar-refractivity contribution in [3.63, 3.8) is 0 Å². The summed E-state index contributed by atoms with van der Waals surface area (Å²) in [5.41, 5.74) is 1.18. The van der Waals surface area contributed by atoms with Crippen molar-refractivity contribution in [3.05, 3.63) is 29.0 Å². The number of hydrogen-bond acceptors (Lipinski definition) is 4. The van der Waals surface area contributed by atoms with Crippen LogP contribution in [0.25, 0.3) is 0 Å². The Kier molecular flexibility index (Phi) is 5.05. The molecule has 7 heteroatoms. The predicted molar refractivity (Wildman–Crippen MR) is 87.2 cm³/mol. The Morgan fingerprint density at radius 3 is 2.95 bits per heavy atom. The van der Waals surface area contributed by atoms with E-state index in [1.807, 2.05) is 12.3 Å². The summed E-state index contributed by atoms with van der Waals surface area (Å²) in [7, 11) is 0. The van der Waals surface area contributed by atoms with E-state index in [4.69, 9.17) is 0 Å². The fraction of sp³-hybridized carbons (Fsp3) is 0.533. The van der Waals surface area contributed by atoms with Crippen LogP contribution < -0.4 is 10.6 Å². The molecule has 0 saturated heterocycles. The highest BCUT2D eigenvalue weighted by Gasteiger charge is 2.14. The number of carbonyl (C=O) groups is 1. The van der Waals surface area contributed by atoms with Crippen molar-refractivity contribution >= 4 is 22.5 Å². The fourth-order valence-corrected chi connectivity index (χ4v) is 3.66. The number of carbonyl (C=O) groups excluding carboxylic acids is 1. The number of rotatable bonds is 4. The lowest BCUT2D eigenvalue weighted by Crippen LogP contribution is -2.31. The van der Waals surface area contributed by atoms with E-state index in [1.54, 1.807) is 22.2 Å². The number of aromatic nitrogens is 3. The zero-order valence-electron chi connectivity index (χ0n) is 12.5. The largest absolute Gasteiger partial charge is 0.336 e. The second kappa shape index (κ2) is 7.40. The quantitative estimate of drug-likeness (QED) is 0.910. The minimum absolute atomic E-state index is 0.200. The minimum Gasteiger partial charge on any atom is -0.336 e. The smallest absolute Gasteiger partial charge is 0.321 e. The third kappa shape index (κ3) is 4.07. The Balaban J connectivity index is 1.49. The van der Waals surface area contributed by atoms with Gasteiger partial charge in [-0.2, -0.15) is 5.10 Å². The molecule has 0 aliphatic heterocycles. The molecule has 2 aromatic rings. The van der Waals surface area contributed by atoms with Crippen LogP contribution in [0.5, 0.6) is 0 Å². The third-order valence-corrected chi connectivity index (χ3v) is 4.82. The second-order valence-corrected chi connectivity index (χ2v) is 6.54. The molecule has 6 nitrogen and oxygen atoms in total. The zero-order valence-corrected chi connectivity index (χ0v) is 13.4. The average Bonchev–Trinajstić information content (AvgIpc) is 3.10. The molecule has 0 saturated carbocycles. The highest BCUT2D eigenvalue weighted by atomic mass is 32.1. The van der Waals surface area contributed by atoms with E-state index in [0.717, 1.165) is 12.8 Å². The van der Waals surface area contributed by atoms with Gasteiger partial charge in [-0.15, -0.1) is 11.3 Å². The van der Waals surface area contributed by atoms with Gasteiger partial charge in [0.15, 0.2) is 5.13 Å². The van der Waals surface area contributed by atoms with Gasteiger partial charge in [0.2, 0.25) is 0 Å². The first kappa shape index (κ1) is 15.0. The number of aryl methyl sites for hydroxylation is 2. The molecule has 0 aromatic carbocycles. The lowest BCUT2D eigenvalue weighted by molar-refractivity contribution is 0.251. The topological polar surface area (TPSA) is 71.8 Å². The Hall–Kier alpha value is -1.89. The molecule has 2 heterocycles. The van der Waals surface area contributed by atoms with Crippen molar-refractivity contribution in [3.8, 4) is 0 Å². The number of hydrogen-bond donors (Lipinski definition) is 2. The molecule has 3 rings (SSSR count). The number of nitrogens with one attached hydrogen (secondary N) is 2. The third-order valence-electron chi connectivity index (χ3n) is 3.75. The maximum Gasteiger partial charge on any atom is 0.321 e. The first-order valence-electron chi connectivity index (χ1n) is 7.82. The first-order chi connectivity index (χ1) is 10.8. The van der Waals surface area contributed by atoms with Crippen LogP contribution in [0.15, 0.2) is 18.5 Å². The van der Waals surface area contributed by atoms with E-state index in [0.29, 0.717) is 18.2 Å². The molecule has 0 fully saturated rings. The van der Waals surface area contributed by atoms with Crippen LogP contribution in [0, 0.1) is 0 Å². The van der Waals surface area contributed by atoms with Gasteiger partial charge < -0.3 is 5.32 Å². The van der Waals surface area contributed by atoms with E-state index in [1.165, 1.54) is 36.3 Å². The fourth-order valence-electron chi connectivity index (χ4n) is 2.62. The van der Waals surface area contributed by atoms with Gasteiger partial charge in [-0.05, 0) is 31.7 Å². The summed E-state index contributed by atoms with van der Waals surface area (Å²) in [4.78, 5) is 17.8. The van der Waals surface area contributed by atoms with Gasteiger partial charge in [0.05, 0.1) is 12.2 Å². The van der Waals surface area contributed by atoms with Gasteiger partial charge >= 0.3 is 6.03 Å². The Morgan fingerprint density at radius 2 is 2.14 bits per heavy atom. The van der Waals surface area contributed by atoms with Crippen LogP contribution in [0.4, 0.5) is 9.93 Å². The molecule has 2 aromatic heterocycles. The summed E-state index contributed by atoms with van der Waals surface area (Å²) in [6.45, 7) is 1.20. The van der Waals surface area contributed by atoms with Crippen LogP contribution in [-0.4, -0.2) is 27.3 Å². The van der Waals surface area contributed by atoms with Crippen LogP contribution in [-0.2, 0) is 19.4 Å². The molecule has 1 aliphatic rings. The van der Waals surface area contributed by atoms with E-state index < -0.39 is 0 Å². The molecule has 22 heavy (non-hydrogen) atoms. The molecular formula is C15H21N5OS. The maximum absolute atomic E-state index is 11.9. The average molecular weight is 319 g/mol. The lowest BCUT2D eigenvalue weighted by Gasteiger charge is -2.06. The van der Waals surface area contributed by atoms with Crippen molar-refractivity contribution in [1.29, 1.82) is 0 Å². The second-order valence-electron chi connectivity index (χ2n) is 5.45. The van der Waals surface area contributed by atoms with Crippen LogP contribution in [0.3, 0.4) is 0 Å². The number of amides is 2. The zero-order chi connectivity index (χ0) is 15.2. The lowest BCUT2D eigenvalue weighted by atomic mass is 10.0. The molecule has 0 bridgehead atoms. The van der Waals surface area contributed by atoms with Crippen molar-refractivity contribution in [2.75, 3.05) is 11.9 Å². The number of fused-ring (bicyclic) bond motifs is 1. The van der Waals surface area contributed by atoms with E-state index >= 15 is 0 Å². The van der Waals surface area contributed by atoms with E-state index in [-0.39, 0.29) is 6.03 Å². The maximum atomic E-state index is 11.9. The van der Waals surface area contributed by atoms with Crippen LogP contribution in [0.2, 0.25) is 0 Å². The van der Waals surface area contributed by atoms with E-state index in [9.17, 15) is 4.79 Å². The van der Waals surface area contributed by atoms with Crippen molar-refractivity contribution < 1.29 is 4.79 Å². The monoisotopic (exact) mass is 319 g/mol. The summed E-state index contributed by atoms with van der Waals surface area (Å²) in [5.74, 6) is 0. The van der Waals surface area contributed by atoms with Crippen molar-refractivity contribution in [1.82, 2.24) is 20.1 Å². The Morgan fingerprint density at radius 1 is 1.27 bits per heavy atom. The van der Waals surface area contributed by atoms with Crippen molar-refractivity contribution in [2.45, 2.75) is 45.1 Å². The molecule has 0 radical (unpaired) electrons. The van der Waals surface area contributed by atoms with Gasteiger partial charge in [0, 0.05) is 23.8 Å². The summed E-state index contributed by atoms with van der Waals surface area (Å²) in [6, 6.07) is 1.67. The molecule has 0 atom stereocenters. The molecule has 118 valence electrons. The molecule has 0 spiro atoms. The van der Waals surface area contributed by atoms with Gasteiger partial charge in [-0.1, -0.05) is 12.8 Å². The Bertz CT molecular complexity index is 582. The van der Waals surface area contributed by atoms with Crippen molar-refractivity contribution in [2.24, 2.45) is 0 Å². The molecule has 1 aliphatic carbocycles. The summed E-state index contributed by atoms with van der Waals surface area (Å²) in [6.07, 6.45) is 10.7. The highest BCUT2D eigenvalue weighted by Crippen LogP contribution is 2.28. The standard InChI is InChI=1S/C15H21N5OS/c21-14(16-9-11-20-10-5-8-17-20)19-15-18-12-6-3-1-2-4-7-13(12)22-15/h5,8,10H,1-4,6-7,9,11H2,(H2,16,18,19,21). The minimum atomic E-state index is -0.200. The molecule has 0 unspecified atom stereocenters. The normalized spacial score (nSPS) is 14.7. The number of thiazole rings is 1. The number of nitrogens with zero attached hydrogens (tertiary/aromatic N) is 3. The first-order valence-corrected chi connectivity index (χ1v) is 8.64. The number of anilines is 1. The highest BCUT2D eigenvalue weighted by molar-refractivity contribution is 7.15. The molecular weight excluding hydrogens is 298 g/mol. The van der Waals surface area contributed by atoms with E-state index in [2.05, 4.69) is 20.7 Å². The summed E-state index contributed by atoms with van der Waals surface area (Å²) >= 11 is 1.62. The van der Waals surface area contributed by atoms with Gasteiger partial charge in [-0.25, -0.2) is 9.78 Å². The molecule has 2 amide bonds. The van der Waals surface area contributed by atoms with Gasteiger partial charge in [-0.3, -0.25) is 10.00 Å². The van der Waals surface area contributed by atoms with Crippen LogP contribution in [0.1, 0.15) is 36.3 Å². The van der Waals surface area contributed by atoms with Gasteiger partial charge in [0.1, 0.15) is 0 Å². The number of urea groups is 1. The Labute approximate surface area is 133 Å². The summed E-state index contributed by atoms with van der Waals surface area (Å²) < 4.78 is 1.79.